The number of ether oxygens (including phenoxy) is 1. The van der Waals surface area contributed by atoms with E-state index in [0.717, 1.165) is 53.4 Å². The van der Waals surface area contributed by atoms with Crippen LogP contribution in [0.5, 0.6) is 0 Å². The molecular weight excluding hydrogens is 577 g/mol. The third-order valence-electron chi connectivity index (χ3n) is 6.71. The average Bonchev–Trinajstić information content (AvgIpc) is 3.56. The third-order valence-corrected chi connectivity index (χ3v) is 8.84. The fourth-order valence-corrected chi connectivity index (χ4v) is 6.84. The van der Waals surface area contributed by atoms with Gasteiger partial charge in [-0.2, -0.15) is 0 Å². The minimum atomic E-state index is -0.423. The predicted molar refractivity (Wildman–Crippen MR) is 160 cm³/mol. The van der Waals surface area contributed by atoms with Gasteiger partial charge >= 0.3 is 5.97 Å². The standard InChI is InChI=1S/C30H30FN5O4S2/c1-3-40-29(39)26-22-9-4-5-10-23(22)42-28(26)33-25(37)17-41-30-35-34-24(36(30)21-13-11-20(31)12-14-21)16-32-27(38)19-8-6-7-18(2)15-19/h6-8,11-15H,3-5,9-10,16-17H2,1-2H3,(H,32,38)(H,33,37). The molecule has 0 unspecified atom stereocenters. The molecule has 5 rings (SSSR count). The summed E-state index contributed by atoms with van der Waals surface area (Å²) in [7, 11) is 0. The van der Waals surface area contributed by atoms with E-state index >= 15 is 0 Å². The van der Waals surface area contributed by atoms with Gasteiger partial charge in [0.05, 0.1) is 24.5 Å². The summed E-state index contributed by atoms with van der Waals surface area (Å²) in [6.07, 6.45) is 3.70. The van der Waals surface area contributed by atoms with Crippen molar-refractivity contribution in [3.63, 3.8) is 0 Å². The number of benzene rings is 2. The molecule has 2 heterocycles. The van der Waals surface area contributed by atoms with E-state index in [2.05, 4.69) is 20.8 Å². The first-order valence-corrected chi connectivity index (χ1v) is 15.4. The Hall–Kier alpha value is -4.03. The molecule has 12 heteroatoms. The van der Waals surface area contributed by atoms with E-state index in [4.69, 9.17) is 4.74 Å². The molecule has 218 valence electrons. The Bertz CT molecular complexity index is 1620. The summed E-state index contributed by atoms with van der Waals surface area (Å²) in [4.78, 5) is 39.7. The topological polar surface area (TPSA) is 115 Å². The number of rotatable bonds is 10. The van der Waals surface area contributed by atoms with E-state index in [1.165, 1.54) is 23.5 Å². The number of carbonyl (C=O) groups excluding carboxylic acids is 3. The molecule has 0 fully saturated rings. The molecule has 42 heavy (non-hydrogen) atoms. The number of aromatic nitrogens is 3. The molecule has 1 aliphatic carbocycles. The first kappa shape index (κ1) is 29.5. The van der Waals surface area contributed by atoms with Crippen LogP contribution in [-0.2, 0) is 28.9 Å². The van der Waals surface area contributed by atoms with Gasteiger partial charge in [0.1, 0.15) is 10.8 Å². The second-order valence-electron chi connectivity index (χ2n) is 9.74. The summed E-state index contributed by atoms with van der Waals surface area (Å²) in [6, 6.07) is 13.0. The largest absolute Gasteiger partial charge is 0.462 e. The Morgan fingerprint density at radius 2 is 1.88 bits per heavy atom. The van der Waals surface area contributed by atoms with Gasteiger partial charge in [-0.05, 0) is 81.5 Å². The van der Waals surface area contributed by atoms with Gasteiger partial charge < -0.3 is 15.4 Å². The van der Waals surface area contributed by atoms with Gasteiger partial charge in [-0.1, -0.05) is 29.5 Å². The maximum Gasteiger partial charge on any atom is 0.341 e. The molecule has 0 radical (unpaired) electrons. The van der Waals surface area contributed by atoms with Crippen LogP contribution in [-0.4, -0.2) is 44.9 Å². The number of fused-ring (bicyclic) bond motifs is 1. The van der Waals surface area contributed by atoms with Gasteiger partial charge in [-0.25, -0.2) is 9.18 Å². The van der Waals surface area contributed by atoms with Crippen molar-refractivity contribution in [3.8, 4) is 5.69 Å². The lowest BCUT2D eigenvalue weighted by Crippen LogP contribution is -2.24. The monoisotopic (exact) mass is 607 g/mol. The number of thiophene rings is 1. The molecule has 0 aliphatic heterocycles. The van der Waals surface area contributed by atoms with E-state index in [0.29, 0.717) is 32.8 Å². The number of esters is 1. The Morgan fingerprint density at radius 1 is 1.10 bits per heavy atom. The summed E-state index contributed by atoms with van der Waals surface area (Å²) in [5.74, 6) is -0.996. The molecular formula is C30H30FN5O4S2. The second-order valence-corrected chi connectivity index (χ2v) is 11.8. The number of aryl methyl sites for hydroxylation is 2. The van der Waals surface area contributed by atoms with Gasteiger partial charge in [0.2, 0.25) is 5.91 Å². The zero-order chi connectivity index (χ0) is 29.6. The zero-order valence-electron chi connectivity index (χ0n) is 23.2. The summed E-state index contributed by atoms with van der Waals surface area (Å²) in [5.41, 5.74) is 3.49. The lowest BCUT2D eigenvalue weighted by atomic mass is 9.95. The molecule has 0 atom stereocenters. The van der Waals surface area contributed by atoms with Crippen molar-refractivity contribution in [1.82, 2.24) is 20.1 Å². The Labute approximate surface area is 250 Å². The Balaban J connectivity index is 1.33. The SMILES string of the molecule is CCOC(=O)c1c(NC(=O)CSc2nnc(CNC(=O)c3cccc(C)c3)n2-c2ccc(F)cc2)sc2c1CCCC2. The first-order valence-electron chi connectivity index (χ1n) is 13.6. The number of nitrogens with zero attached hydrogens (tertiary/aromatic N) is 3. The fraction of sp³-hybridized carbons (Fsp3) is 0.300. The van der Waals surface area contributed by atoms with Gasteiger partial charge in [-0.15, -0.1) is 21.5 Å². The van der Waals surface area contributed by atoms with Crippen molar-refractivity contribution in [2.75, 3.05) is 17.7 Å². The maximum atomic E-state index is 13.7. The first-order chi connectivity index (χ1) is 20.3. The summed E-state index contributed by atoms with van der Waals surface area (Å²) >= 11 is 2.57. The highest BCUT2D eigenvalue weighted by atomic mass is 32.2. The van der Waals surface area contributed by atoms with Crippen LogP contribution in [0.3, 0.4) is 0 Å². The number of anilines is 1. The molecule has 0 saturated heterocycles. The van der Waals surface area contributed by atoms with Crippen molar-refractivity contribution in [1.29, 1.82) is 0 Å². The highest BCUT2D eigenvalue weighted by molar-refractivity contribution is 7.99. The Morgan fingerprint density at radius 3 is 2.64 bits per heavy atom. The third kappa shape index (κ3) is 6.71. The van der Waals surface area contributed by atoms with Crippen LogP contribution in [0.1, 0.15) is 62.3 Å². The number of carbonyl (C=O) groups is 3. The lowest BCUT2D eigenvalue weighted by molar-refractivity contribution is -0.113. The van der Waals surface area contributed by atoms with Crippen LogP contribution in [0.2, 0.25) is 0 Å². The molecule has 2 aromatic carbocycles. The fourth-order valence-electron chi connectivity index (χ4n) is 4.77. The summed E-state index contributed by atoms with van der Waals surface area (Å²) in [6.45, 7) is 3.98. The van der Waals surface area contributed by atoms with E-state index in [1.54, 1.807) is 35.8 Å². The molecule has 1 aliphatic rings. The number of hydrogen-bond donors (Lipinski definition) is 2. The molecule has 2 aromatic heterocycles. The molecule has 2 amide bonds. The number of amides is 2. The maximum absolute atomic E-state index is 13.7. The van der Waals surface area contributed by atoms with Crippen LogP contribution in [0.15, 0.2) is 53.7 Å². The van der Waals surface area contributed by atoms with Crippen LogP contribution in [0.25, 0.3) is 5.69 Å². The average molecular weight is 608 g/mol. The normalized spacial score (nSPS) is 12.5. The molecule has 0 saturated carbocycles. The molecule has 2 N–H and O–H groups in total. The van der Waals surface area contributed by atoms with Crippen LogP contribution in [0.4, 0.5) is 9.39 Å². The summed E-state index contributed by atoms with van der Waals surface area (Å²) < 4.78 is 20.7. The molecule has 9 nitrogen and oxygen atoms in total. The highest BCUT2D eigenvalue weighted by Gasteiger charge is 2.27. The van der Waals surface area contributed by atoms with Crippen LogP contribution >= 0.6 is 23.1 Å². The number of nitrogens with one attached hydrogen (secondary N) is 2. The van der Waals surface area contributed by atoms with Crippen molar-refractivity contribution in [2.45, 2.75) is 51.2 Å². The smallest absolute Gasteiger partial charge is 0.341 e. The molecule has 0 bridgehead atoms. The number of thioether (sulfide) groups is 1. The minimum Gasteiger partial charge on any atom is -0.462 e. The van der Waals surface area contributed by atoms with E-state index in [-0.39, 0.29) is 30.7 Å². The molecule has 4 aromatic rings. The van der Waals surface area contributed by atoms with Gasteiger partial charge in [0.25, 0.3) is 5.91 Å². The van der Waals surface area contributed by atoms with Crippen molar-refractivity contribution in [2.24, 2.45) is 0 Å². The number of halogens is 1. The number of hydrogen-bond acceptors (Lipinski definition) is 8. The minimum absolute atomic E-state index is 0.0141. The van der Waals surface area contributed by atoms with Crippen molar-refractivity contribution < 1.29 is 23.5 Å². The van der Waals surface area contributed by atoms with Gasteiger partial charge in [0, 0.05) is 16.1 Å². The van der Waals surface area contributed by atoms with Crippen LogP contribution < -0.4 is 10.6 Å². The second kappa shape index (κ2) is 13.3. The quantitative estimate of drug-likeness (QED) is 0.181. The van der Waals surface area contributed by atoms with Gasteiger partial charge in [0.15, 0.2) is 11.0 Å². The van der Waals surface area contributed by atoms with E-state index < -0.39 is 11.8 Å². The van der Waals surface area contributed by atoms with Gasteiger partial charge in [-0.3, -0.25) is 14.2 Å². The lowest BCUT2D eigenvalue weighted by Gasteiger charge is -2.12. The zero-order valence-corrected chi connectivity index (χ0v) is 24.9. The van der Waals surface area contributed by atoms with Crippen LogP contribution in [0, 0.1) is 12.7 Å². The summed E-state index contributed by atoms with van der Waals surface area (Å²) in [5, 5.41) is 15.2. The molecule has 0 spiro atoms. The highest BCUT2D eigenvalue weighted by Crippen LogP contribution is 2.38. The van der Waals surface area contributed by atoms with E-state index in [9.17, 15) is 18.8 Å². The van der Waals surface area contributed by atoms with Crippen molar-refractivity contribution in [3.05, 3.63) is 87.3 Å². The predicted octanol–water partition coefficient (Wildman–Crippen LogP) is 5.49. The van der Waals surface area contributed by atoms with E-state index in [1.807, 2.05) is 19.1 Å². The Kier molecular flexibility index (Phi) is 9.33. The van der Waals surface area contributed by atoms with Crippen molar-refractivity contribution >= 4 is 45.9 Å².